The van der Waals surface area contributed by atoms with Crippen molar-refractivity contribution in [3.8, 4) is 11.4 Å². The molecule has 0 aliphatic carbocycles. The van der Waals surface area contributed by atoms with Crippen molar-refractivity contribution >= 4 is 31.9 Å². The van der Waals surface area contributed by atoms with E-state index in [0.717, 1.165) is 26.1 Å². The van der Waals surface area contributed by atoms with Crippen molar-refractivity contribution in [3.05, 3.63) is 33.0 Å². The van der Waals surface area contributed by atoms with Crippen LogP contribution in [-0.4, -0.2) is 28.1 Å². The van der Waals surface area contributed by atoms with E-state index in [9.17, 15) is 0 Å². The summed E-state index contributed by atoms with van der Waals surface area (Å²) in [6.07, 6.45) is 1.76. The van der Waals surface area contributed by atoms with Gasteiger partial charge in [-0.25, -0.2) is 4.68 Å². The maximum Gasteiger partial charge on any atom is 0.135 e. The Hall–Kier alpha value is -0.920. The van der Waals surface area contributed by atoms with Gasteiger partial charge >= 0.3 is 0 Å². The third kappa shape index (κ3) is 3.39. The summed E-state index contributed by atoms with van der Waals surface area (Å²) in [6.45, 7) is 4.91. The minimum atomic E-state index is 0.404. The van der Waals surface area contributed by atoms with Crippen molar-refractivity contribution in [2.45, 2.75) is 26.4 Å². The van der Waals surface area contributed by atoms with Gasteiger partial charge in [0.2, 0.25) is 0 Å². The van der Waals surface area contributed by atoms with Gasteiger partial charge in [-0.05, 0) is 37.9 Å². The van der Waals surface area contributed by atoms with Crippen LogP contribution in [0.1, 0.15) is 19.5 Å². The molecule has 5 nitrogen and oxygen atoms in total. The molecule has 0 saturated heterocycles. The zero-order chi connectivity index (χ0) is 14.7. The fourth-order valence-corrected chi connectivity index (χ4v) is 3.05. The van der Waals surface area contributed by atoms with E-state index in [0.29, 0.717) is 12.6 Å². The van der Waals surface area contributed by atoms with Gasteiger partial charge < -0.3 is 10.1 Å². The van der Waals surface area contributed by atoms with Gasteiger partial charge in [-0.3, -0.25) is 0 Å². The molecule has 0 saturated carbocycles. The number of methoxy groups -OCH3 is 1. The van der Waals surface area contributed by atoms with Crippen molar-refractivity contribution in [2.75, 3.05) is 7.11 Å². The highest BCUT2D eigenvalue weighted by Crippen LogP contribution is 2.33. The Morgan fingerprint density at radius 1 is 1.30 bits per heavy atom. The van der Waals surface area contributed by atoms with E-state index in [2.05, 4.69) is 61.3 Å². The first kappa shape index (κ1) is 15.5. The van der Waals surface area contributed by atoms with Gasteiger partial charge in [0, 0.05) is 23.1 Å². The fraction of sp³-hybridized carbons (Fsp3) is 0.385. The molecule has 1 aromatic heterocycles. The number of rotatable bonds is 5. The van der Waals surface area contributed by atoms with Gasteiger partial charge in [0.05, 0.1) is 29.2 Å². The fourth-order valence-electron chi connectivity index (χ4n) is 1.73. The summed E-state index contributed by atoms with van der Waals surface area (Å²) in [6, 6.07) is 4.26. The molecule has 2 aromatic rings. The van der Waals surface area contributed by atoms with Crippen molar-refractivity contribution < 1.29 is 4.74 Å². The lowest BCUT2D eigenvalue weighted by molar-refractivity contribution is 0.411. The molecule has 0 aliphatic heterocycles. The highest BCUT2D eigenvalue weighted by molar-refractivity contribution is 9.11. The number of halogens is 2. The molecule has 0 aliphatic rings. The molecular formula is C13H16Br2N4O. The molecule has 20 heavy (non-hydrogen) atoms. The second kappa shape index (κ2) is 6.69. The Labute approximate surface area is 135 Å². The van der Waals surface area contributed by atoms with E-state index >= 15 is 0 Å². The predicted octanol–water partition coefficient (Wildman–Crippen LogP) is 3.30. The molecule has 0 fully saturated rings. The SMILES string of the molecule is COc1cc(-n2nncc2CNC(C)C)c(Br)cc1Br. The summed E-state index contributed by atoms with van der Waals surface area (Å²) in [4.78, 5) is 0. The van der Waals surface area contributed by atoms with Crippen LogP contribution >= 0.6 is 31.9 Å². The maximum absolute atomic E-state index is 5.33. The van der Waals surface area contributed by atoms with Crippen LogP contribution in [-0.2, 0) is 6.54 Å². The number of nitrogens with zero attached hydrogens (tertiary/aromatic N) is 3. The van der Waals surface area contributed by atoms with Crippen molar-refractivity contribution in [1.82, 2.24) is 20.3 Å². The topological polar surface area (TPSA) is 52.0 Å². The van der Waals surface area contributed by atoms with Crippen LogP contribution in [0.15, 0.2) is 27.3 Å². The van der Waals surface area contributed by atoms with E-state index < -0.39 is 0 Å². The lowest BCUT2D eigenvalue weighted by Crippen LogP contribution is -2.23. The van der Waals surface area contributed by atoms with Crippen LogP contribution < -0.4 is 10.1 Å². The monoisotopic (exact) mass is 402 g/mol. The molecule has 0 spiro atoms. The van der Waals surface area contributed by atoms with Crippen LogP contribution in [0.2, 0.25) is 0 Å². The number of nitrogens with one attached hydrogen (secondary N) is 1. The Balaban J connectivity index is 2.39. The third-order valence-electron chi connectivity index (χ3n) is 2.76. The average molecular weight is 404 g/mol. The highest BCUT2D eigenvalue weighted by atomic mass is 79.9. The number of hydrogen-bond donors (Lipinski definition) is 1. The molecule has 0 radical (unpaired) electrons. The van der Waals surface area contributed by atoms with E-state index in [1.165, 1.54) is 0 Å². The average Bonchev–Trinajstić information content (AvgIpc) is 2.84. The van der Waals surface area contributed by atoms with Crippen LogP contribution in [0.25, 0.3) is 5.69 Å². The molecule has 0 atom stereocenters. The summed E-state index contributed by atoms with van der Waals surface area (Å²) >= 11 is 7.01. The van der Waals surface area contributed by atoms with Crippen molar-refractivity contribution in [3.63, 3.8) is 0 Å². The minimum absolute atomic E-state index is 0.404. The highest BCUT2D eigenvalue weighted by Gasteiger charge is 2.13. The smallest absolute Gasteiger partial charge is 0.135 e. The number of hydrogen-bond acceptors (Lipinski definition) is 4. The first-order valence-electron chi connectivity index (χ1n) is 6.19. The molecular weight excluding hydrogens is 388 g/mol. The first-order valence-corrected chi connectivity index (χ1v) is 7.78. The van der Waals surface area contributed by atoms with Crippen LogP contribution in [0.5, 0.6) is 5.75 Å². The molecule has 1 aromatic carbocycles. The quantitative estimate of drug-likeness (QED) is 0.832. The van der Waals surface area contributed by atoms with E-state index in [1.54, 1.807) is 18.0 Å². The summed E-state index contributed by atoms with van der Waals surface area (Å²) in [5.74, 6) is 0.751. The Morgan fingerprint density at radius 3 is 2.70 bits per heavy atom. The van der Waals surface area contributed by atoms with Gasteiger partial charge in [-0.2, -0.15) is 0 Å². The number of ether oxygens (including phenoxy) is 1. The molecule has 1 N–H and O–H groups in total. The molecule has 0 amide bonds. The van der Waals surface area contributed by atoms with Gasteiger partial charge in [-0.15, -0.1) is 5.10 Å². The normalized spacial score (nSPS) is 11.1. The van der Waals surface area contributed by atoms with Crippen molar-refractivity contribution in [1.29, 1.82) is 0 Å². The Bertz CT molecular complexity index is 598. The zero-order valence-electron chi connectivity index (χ0n) is 11.5. The van der Waals surface area contributed by atoms with E-state index in [4.69, 9.17) is 4.74 Å². The van der Waals surface area contributed by atoms with Gasteiger partial charge in [0.1, 0.15) is 5.75 Å². The summed E-state index contributed by atoms with van der Waals surface area (Å²) < 4.78 is 8.94. The Morgan fingerprint density at radius 2 is 2.05 bits per heavy atom. The zero-order valence-corrected chi connectivity index (χ0v) is 14.7. The number of aromatic nitrogens is 3. The third-order valence-corrected chi connectivity index (χ3v) is 4.02. The summed E-state index contributed by atoms with van der Waals surface area (Å²) in [5.41, 5.74) is 1.88. The molecule has 0 bridgehead atoms. The van der Waals surface area contributed by atoms with Crippen molar-refractivity contribution in [2.24, 2.45) is 0 Å². The summed E-state index contributed by atoms with van der Waals surface area (Å²) in [5, 5.41) is 11.5. The van der Waals surface area contributed by atoms with Crippen LogP contribution in [0, 0.1) is 0 Å². The molecule has 108 valence electrons. The second-order valence-corrected chi connectivity index (χ2v) is 6.32. The molecule has 7 heteroatoms. The predicted molar refractivity (Wildman–Crippen MR) is 85.3 cm³/mol. The van der Waals surface area contributed by atoms with E-state index in [1.807, 2.05) is 12.1 Å². The van der Waals surface area contributed by atoms with Gasteiger partial charge in [0.25, 0.3) is 0 Å². The lowest BCUT2D eigenvalue weighted by atomic mass is 10.3. The van der Waals surface area contributed by atoms with Crippen LogP contribution in [0.3, 0.4) is 0 Å². The second-order valence-electron chi connectivity index (χ2n) is 4.61. The van der Waals surface area contributed by atoms with Gasteiger partial charge in [0.15, 0.2) is 0 Å². The first-order chi connectivity index (χ1) is 9.52. The maximum atomic E-state index is 5.33. The van der Waals surface area contributed by atoms with Gasteiger partial charge in [-0.1, -0.05) is 19.1 Å². The van der Waals surface area contributed by atoms with E-state index in [-0.39, 0.29) is 0 Å². The molecule has 2 rings (SSSR count). The van der Waals surface area contributed by atoms with Crippen LogP contribution in [0.4, 0.5) is 0 Å². The minimum Gasteiger partial charge on any atom is -0.495 e. The summed E-state index contributed by atoms with van der Waals surface area (Å²) in [7, 11) is 1.64. The lowest BCUT2D eigenvalue weighted by Gasteiger charge is -2.13. The molecule has 1 heterocycles. The Kier molecular flexibility index (Phi) is 5.17. The molecule has 0 unspecified atom stereocenters. The largest absolute Gasteiger partial charge is 0.495 e. The standard InChI is InChI=1S/C13H16Br2N4O/c1-8(2)16-6-9-7-17-18-19(9)12-5-13(20-3)11(15)4-10(12)14/h4-5,7-8,16H,6H2,1-3H3. The number of benzene rings is 1.